The summed E-state index contributed by atoms with van der Waals surface area (Å²) < 4.78 is 15.3. The number of aryl methyl sites for hydroxylation is 3. The second-order valence-corrected chi connectivity index (χ2v) is 10.3. The van der Waals surface area contributed by atoms with Crippen molar-refractivity contribution in [1.29, 1.82) is 0 Å². The van der Waals surface area contributed by atoms with Crippen molar-refractivity contribution in [2.24, 2.45) is 0 Å². The molecule has 1 amide bonds. The van der Waals surface area contributed by atoms with E-state index in [4.69, 9.17) is 4.98 Å². The number of carbonyl (C=O) groups excluding carboxylic acids is 1. The Bertz CT molecular complexity index is 1400. The van der Waals surface area contributed by atoms with Gasteiger partial charge in [0.05, 0.1) is 27.5 Å². The van der Waals surface area contributed by atoms with Gasteiger partial charge in [-0.2, -0.15) is 0 Å². The van der Waals surface area contributed by atoms with Crippen LogP contribution in [0.3, 0.4) is 0 Å². The van der Waals surface area contributed by atoms with Crippen LogP contribution in [0.1, 0.15) is 51.0 Å². The van der Waals surface area contributed by atoms with Crippen molar-refractivity contribution < 1.29 is 9.18 Å². The third-order valence-corrected chi connectivity index (χ3v) is 7.97. The summed E-state index contributed by atoms with van der Waals surface area (Å²) >= 11 is 2.78. The van der Waals surface area contributed by atoms with Crippen molar-refractivity contribution in [3.05, 3.63) is 72.8 Å². The Morgan fingerprint density at radius 2 is 1.94 bits per heavy atom. The lowest BCUT2D eigenvalue weighted by Crippen LogP contribution is -2.30. The molecule has 170 valence electrons. The Balaban J connectivity index is 1.60. The van der Waals surface area contributed by atoms with E-state index in [0.717, 1.165) is 42.2 Å². The lowest BCUT2D eigenvalue weighted by molar-refractivity contribution is 0.0988. The first-order valence-corrected chi connectivity index (χ1v) is 12.6. The smallest absolute Gasteiger partial charge is 0.269 e. The van der Waals surface area contributed by atoms with Gasteiger partial charge in [0.2, 0.25) is 0 Å². The van der Waals surface area contributed by atoms with Gasteiger partial charge >= 0.3 is 0 Å². The number of hydrogen-bond donors (Lipinski definition) is 0. The number of thiazole rings is 1. The van der Waals surface area contributed by atoms with Gasteiger partial charge in [-0.3, -0.25) is 14.2 Å². The van der Waals surface area contributed by atoms with Crippen molar-refractivity contribution in [2.45, 2.75) is 52.6 Å². The maximum atomic E-state index is 13.8. The summed E-state index contributed by atoms with van der Waals surface area (Å²) in [5.41, 5.74) is 1.93. The first-order valence-electron chi connectivity index (χ1n) is 10.9. The molecule has 33 heavy (non-hydrogen) atoms. The highest BCUT2D eigenvalue weighted by Crippen LogP contribution is 2.31. The van der Waals surface area contributed by atoms with E-state index in [0.29, 0.717) is 32.9 Å². The van der Waals surface area contributed by atoms with E-state index >= 15 is 0 Å². The van der Waals surface area contributed by atoms with E-state index in [9.17, 15) is 14.0 Å². The van der Waals surface area contributed by atoms with Gasteiger partial charge in [0.1, 0.15) is 16.5 Å². The molecule has 0 spiro atoms. The molecule has 1 aliphatic heterocycles. The summed E-state index contributed by atoms with van der Waals surface area (Å²) in [6.45, 7) is 4.65. The number of amides is 1. The molecule has 1 aliphatic rings. The number of fused-ring (bicyclic) bond motifs is 2. The third kappa shape index (κ3) is 4.11. The Hall–Kier alpha value is -2.91. The van der Waals surface area contributed by atoms with Crippen molar-refractivity contribution in [3.63, 3.8) is 0 Å². The maximum absolute atomic E-state index is 13.8. The van der Waals surface area contributed by atoms with Gasteiger partial charge in [0.15, 0.2) is 0 Å². The normalized spacial score (nSPS) is 13.7. The van der Waals surface area contributed by atoms with Gasteiger partial charge in [-0.25, -0.2) is 14.4 Å². The van der Waals surface area contributed by atoms with Crippen molar-refractivity contribution in [3.8, 4) is 0 Å². The van der Waals surface area contributed by atoms with Crippen LogP contribution in [0.2, 0.25) is 0 Å². The topological polar surface area (TPSA) is 68.1 Å². The lowest BCUT2D eigenvalue weighted by atomic mass is 10.1. The lowest BCUT2D eigenvalue weighted by Gasteiger charge is -2.22. The number of carbonyl (C=O) groups is 1. The highest BCUT2D eigenvalue weighted by atomic mass is 32.1. The summed E-state index contributed by atoms with van der Waals surface area (Å²) in [5.74, 6) is 0.193. The summed E-state index contributed by atoms with van der Waals surface area (Å²) in [6.07, 6.45) is 3.83. The van der Waals surface area contributed by atoms with E-state index < -0.39 is 0 Å². The fourth-order valence-electron chi connectivity index (χ4n) is 4.28. The summed E-state index contributed by atoms with van der Waals surface area (Å²) in [5, 5.41) is 3.35. The molecule has 0 atom stereocenters. The molecule has 5 rings (SSSR count). The SMILES string of the molecule is Cc1nc(CN(C(=O)c2sc3nc4n(c(=O)c3c2C)CCCCC4)c2ccc(F)cc2)cs1. The van der Waals surface area contributed by atoms with E-state index in [1.165, 1.54) is 34.8 Å². The molecular weight excluding hydrogens is 459 g/mol. The number of hydrogen-bond acceptors (Lipinski definition) is 6. The maximum Gasteiger partial charge on any atom is 0.269 e. The van der Waals surface area contributed by atoms with Crippen LogP contribution in [0, 0.1) is 19.7 Å². The first-order chi connectivity index (χ1) is 15.9. The molecule has 0 fully saturated rings. The Morgan fingerprint density at radius 1 is 1.15 bits per heavy atom. The fraction of sp³-hybridized carbons (Fsp3) is 0.333. The van der Waals surface area contributed by atoms with Crippen LogP contribution in [0.15, 0.2) is 34.4 Å². The number of aromatic nitrogens is 3. The number of benzene rings is 1. The molecule has 0 unspecified atom stereocenters. The van der Waals surface area contributed by atoms with Crippen molar-refractivity contribution >= 4 is 44.5 Å². The average molecular weight is 483 g/mol. The average Bonchev–Trinajstić information content (AvgIpc) is 3.26. The summed E-state index contributed by atoms with van der Waals surface area (Å²) in [6, 6.07) is 5.85. The molecule has 0 radical (unpaired) electrons. The minimum absolute atomic E-state index is 0.0619. The molecule has 0 aliphatic carbocycles. The highest BCUT2D eigenvalue weighted by molar-refractivity contribution is 7.20. The number of halogens is 1. The van der Waals surface area contributed by atoms with Gasteiger partial charge in [0, 0.05) is 24.0 Å². The van der Waals surface area contributed by atoms with E-state index in [1.54, 1.807) is 21.6 Å². The van der Waals surface area contributed by atoms with Gasteiger partial charge in [-0.15, -0.1) is 22.7 Å². The minimum Gasteiger partial charge on any atom is -0.302 e. The van der Waals surface area contributed by atoms with Gasteiger partial charge in [-0.1, -0.05) is 6.42 Å². The molecule has 4 aromatic rings. The molecule has 0 saturated carbocycles. The first kappa shape index (κ1) is 21.9. The number of thiophene rings is 1. The zero-order valence-electron chi connectivity index (χ0n) is 18.4. The second-order valence-electron chi connectivity index (χ2n) is 8.26. The molecule has 0 bridgehead atoms. The van der Waals surface area contributed by atoms with Gasteiger partial charge in [0.25, 0.3) is 11.5 Å². The molecule has 0 saturated heterocycles. The number of anilines is 1. The van der Waals surface area contributed by atoms with Crippen LogP contribution < -0.4 is 10.5 Å². The molecule has 6 nitrogen and oxygen atoms in total. The van der Waals surface area contributed by atoms with Gasteiger partial charge < -0.3 is 4.90 Å². The standard InChI is InChI=1S/C24H23FN4O2S2/c1-14-20-22(27-19-6-4-3-5-11-28(19)23(20)30)33-21(14)24(31)29(12-17-13-32-15(2)26-17)18-9-7-16(25)8-10-18/h7-10,13H,3-6,11-12H2,1-2H3. The van der Waals surface area contributed by atoms with Crippen molar-refractivity contribution in [1.82, 2.24) is 14.5 Å². The number of nitrogens with zero attached hydrogens (tertiary/aromatic N) is 4. The van der Waals surface area contributed by atoms with Crippen molar-refractivity contribution in [2.75, 3.05) is 4.90 Å². The van der Waals surface area contributed by atoms with Crippen LogP contribution in [0.5, 0.6) is 0 Å². The third-order valence-electron chi connectivity index (χ3n) is 5.98. The monoisotopic (exact) mass is 482 g/mol. The van der Waals surface area contributed by atoms with Crippen LogP contribution in [0.4, 0.5) is 10.1 Å². The zero-order valence-corrected chi connectivity index (χ0v) is 20.1. The second kappa shape index (κ2) is 8.79. The van der Waals surface area contributed by atoms with Gasteiger partial charge in [-0.05, 0) is 56.5 Å². The van der Waals surface area contributed by atoms with Crippen LogP contribution in [-0.4, -0.2) is 20.4 Å². The molecule has 9 heteroatoms. The van der Waals surface area contributed by atoms with E-state index in [-0.39, 0.29) is 23.8 Å². The molecule has 1 aromatic carbocycles. The molecule has 4 heterocycles. The molecular formula is C24H23FN4O2S2. The summed E-state index contributed by atoms with van der Waals surface area (Å²) in [4.78, 5) is 39.1. The van der Waals surface area contributed by atoms with Crippen LogP contribution in [-0.2, 0) is 19.5 Å². The quantitative estimate of drug-likeness (QED) is 0.399. The number of rotatable bonds is 4. The zero-order chi connectivity index (χ0) is 23.1. The molecule has 0 N–H and O–H groups in total. The van der Waals surface area contributed by atoms with E-state index in [2.05, 4.69) is 4.98 Å². The minimum atomic E-state index is -0.368. The largest absolute Gasteiger partial charge is 0.302 e. The predicted molar refractivity (Wildman–Crippen MR) is 130 cm³/mol. The highest BCUT2D eigenvalue weighted by Gasteiger charge is 2.27. The Morgan fingerprint density at radius 3 is 2.67 bits per heavy atom. The molecule has 3 aromatic heterocycles. The summed E-state index contributed by atoms with van der Waals surface area (Å²) in [7, 11) is 0. The Labute approximate surface area is 198 Å². The predicted octanol–water partition coefficient (Wildman–Crippen LogP) is 5.24. The van der Waals surface area contributed by atoms with E-state index in [1.807, 2.05) is 19.2 Å². The Kier molecular flexibility index (Phi) is 5.84. The van der Waals surface area contributed by atoms with Crippen LogP contribution >= 0.6 is 22.7 Å². The fourth-order valence-corrected chi connectivity index (χ4v) is 6.02. The van der Waals surface area contributed by atoms with Crippen LogP contribution in [0.25, 0.3) is 10.2 Å².